The number of likely N-dealkylation sites (tertiary alicyclic amines) is 1. The van der Waals surface area contributed by atoms with E-state index in [1.807, 2.05) is 0 Å². The fourth-order valence-electron chi connectivity index (χ4n) is 4.74. The van der Waals surface area contributed by atoms with Gasteiger partial charge in [-0.3, -0.25) is 4.79 Å². The molecule has 8 heteroatoms. The van der Waals surface area contributed by atoms with Crippen LogP contribution in [0, 0.1) is 11.8 Å². The van der Waals surface area contributed by atoms with Crippen molar-refractivity contribution in [1.82, 2.24) is 19.7 Å². The predicted molar refractivity (Wildman–Crippen MR) is 101 cm³/mol. The maximum absolute atomic E-state index is 12.9. The SMILES string of the molecule is Cl.Cl.NC[C@H]1CCC[C@H]1C(=O)N1CCCC(c2nnc3n2CCC3)C1. The third kappa shape index (κ3) is 3.81. The van der Waals surface area contributed by atoms with E-state index in [1.54, 1.807) is 0 Å². The monoisotopic (exact) mass is 389 g/mol. The van der Waals surface area contributed by atoms with Gasteiger partial charge in [0, 0.05) is 37.9 Å². The summed E-state index contributed by atoms with van der Waals surface area (Å²) in [6, 6.07) is 0. The molecule has 1 aliphatic carbocycles. The Morgan fingerprint density at radius 3 is 2.72 bits per heavy atom. The van der Waals surface area contributed by atoms with Gasteiger partial charge in [0.2, 0.25) is 5.91 Å². The van der Waals surface area contributed by atoms with Crippen molar-refractivity contribution in [2.45, 2.75) is 57.4 Å². The fraction of sp³-hybridized carbons (Fsp3) is 0.824. The van der Waals surface area contributed by atoms with E-state index in [0.717, 1.165) is 69.8 Å². The number of rotatable bonds is 3. The van der Waals surface area contributed by atoms with E-state index < -0.39 is 0 Å². The first kappa shape index (κ1) is 20.5. The van der Waals surface area contributed by atoms with E-state index >= 15 is 0 Å². The van der Waals surface area contributed by atoms with E-state index in [9.17, 15) is 4.79 Å². The van der Waals surface area contributed by atoms with Crippen molar-refractivity contribution < 1.29 is 4.79 Å². The molecule has 1 aromatic heterocycles. The van der Waals surface area contributed by atoms with Gasteiger partial charge in [-0.1, -0.05) is 6.42 Å². The van der Waals surface area contributed by atoms with Crippen LogP contribution in [0.5, 0.6) is 0 Å². The number of carbonyl (C=O) groups is 1. The zero-order valence-electron chi connectivity index (χ0n) is 14.6. The van der Waals surface area contributed by atoms with Crippen molar-refractivity contribution in [1.29, 1.82) is 0 Å². The van der Waals surface area contributed by atoms with Gasteiger partial charge in [0.1, 0.15) is 11.6 Å². The molecule has 0 radical (unpaired) electrons. The van der Waals surface area contributed by atoms with E-state index in [2.05, 4.69) is 19.7 Å². The second-order valence-electron chi connectivity index (χ2n) is 7.39. The van der Waals surface area contributed by atoms with Crippen LogP contribution in [-0.4, -0.2) is 45.2 Å². The number of hydrogen-bond acceptors (Lipinski definition) is 4. The van der Waals surface area contributed by atoms with Gasteiger partial charge in [0.25, 0.3) is 0 Å². The topological polar surface area (TPSA) is 77.0 Å². The molecule has 6 nitrogen and oxygen atoms in total. The van der Waals surface area contributed by atoms with Crippen LogP contribution >= 0.6 is 24.8 Å². The molecule has 142 valence electrons. The zero-order chi connectivity index (χ0) is 15.8. The number of fused-ring (bicyclic) bond motifs is 1. The number of carbonyl (C=O) groups excluding carboxylic acids is 1. The molecule has 3 aliphatic rings. The summed E-state index contributed by atoms with van der Waals surface area (Å²) < 4.78 is 2.29. The molecule has 25 heavy (non-hydrogen) atoms. The lowest BCUT2D eigenvalue weighted by atomic mass is 9.91. The minimum atomic E-state index is 0. The van der Waals surface area contributed by atoms with Gasteiger partial charge in [-0.15, -0.1) is 35.0 Å². The van der Waals surface area contributed by atoms with Crippen LogP contribution in [-0.2, 0) is 17.8 Å². The lowest BCUT2D eigenvalue weighted by molar-refractivity contribution is -0.137. The molecular formula is C17H29Cl2N5O. The molecule has 2 aliphatic heterocycles. The number of aromatic nitrogens is 3. The Balaban J connectivity index is 0.00000113. The quantitative estimate of drug-likeness (QED) is 0.858. The van der Waals surface area contributed by atoms with E-state index in [1.165, 1.54) is 6.42 Å². The normalized spacial score (nSPS) is 28.2. The molecular weight excluding hydrogens is 361 g/mol. The van der Waals surface area contributed by atoms with Gasteiger partial charge in [-0.05, 0) is 44.6 Å². The fourth-order valence-corrected chi connectivity index (χ4v) is 4.74. The van der Waals surface area contributed by atoms with Crippen molar-refractivity contribution in [2.75, 3.05) is 19.6 Å². The summed E-state index contributed by atoms with van der Waals surface area (Å²) in [6.07, 6.45) is 7.68. The van der Waals surface area contributed by atoms with Crippen molar-refractivity contribution in [3.63, 3.8) is 0 Å². The lowest BCUT2D eigenvalue weighted by Gasteiger charge is -2.35. The van der Waals surface area contributed by atoms with Gasteiger partial charge < -0.3 is 15.2 Å². The summed E-state index contributed by atoms with van der Waals surface area (Å²) >= 11 is 0. The molecule has 0 spiro atoms. The van der Waals surface area contributed by atoms with Crippen molar-refractivity contribution in [3.05, 3.63) is 11.6 Å². The number of halogens is 2. The molecule has 2 fully saturated rings. The van der Waals surface area contributed by atoms with Crippen LogP contribution < -0.4 is 5.73 Å². The first-order valence-corrected chi connectivity index (χ1v) is 9.18. The number of piperidine rings is 1. The summed E-state index contributed by atoms with van der Waals surface area (Å²) in [7, 11) is 0. The molecule has 3 atom stereocenters. The highest BCUT2D eigenvalue weighted by Crippen LogP contribution is 2.35. The van der Waals surface area contributed by atoms with Gasteiger partial charge in [-0.2, -0.15) is 0 Å². The highest BCUT2D eigenvalue weighted by Gasteiger charge is 2.37. The summed E-state index contributed by atoms with van der Waals surface area (Å²) in [5, 5.41) is 8.78. The Morgan fingerprint density at radius 2 is 1.92 bits per heavy atom. The standard InChI is InChI=1S/C17H27N5O.2ClH/c18-10-12-4-1-6-14(12)17(23)21-8-2-5-13(11-21)16-20-19-15-7-3-9-22(15)16;;/h12-14H,1-11,18H2;2*1H/t12-,13?,14-;;/m1../s1. The number of hydrogen-bond donors (Lipinski definition) is 1. The summed E-state index contributed by atoms with van der Waals surface area (Å²) in [4.78, 5) is 15.0. The van der Waals surface area contributed by atoms with Gasteiger partial charge in [-0.25, -0.2) is 0 Å². The average Bonchev–Trinajstić information content (AvgIpc) is 3.29. The Labute approximate surface area is 161 Å². The van der Waals surface area contributed by atoms with Crippen LogP contribution in [0.3, 0.4) is 0 Å². The average molecular weight is 390 g/mol. The molecule has 3 heterocycles. The van der Waals surface area contributed by atoms with Crippen LogP contribution in [0.15, 0.2) is 0 Å². The highest BCUT2D eigenvalue weighted by molar-refractivity contribution is 5.85. The van der Waals surface area contributed by atoms with Crippen molar-refractivity contribution in [2.24, 2.45) is 17.6 Å². The molecule has 0 aromatic carbocycles. The van der Waals surface area contributed by atoms with Crippen LogP contribution in [0.1, 0.15) is 56.1 Å². The van der Waals surface area contributed by atoms with E-state index in [4.69, 9.17) is 5.73 Å². The predicted octanol–water partition coefficient (Wildman–Crippen LogP) is 2.15. The molecule has 1 aromatic rings. The van der Waals surface area contributed by atoms with Crippen molar-refractivity contribution >= 4 is 30.7 Å². The number of aryl methyl sites for hydroxylation is 1. The second kappa shape index (κ2) is 8.69. The zero-order valence-corrected chi connectivity index (χ0v) is 16.2. The van der Waals surface area contributed by atoms with Gasteiger partial charge in [0.05, 0.1) is 0 Å². The first-order valence-electron chi connectivity index (χ1n) is 9.18. The third-order valence-electron chi connectivity index (χ3n) is 6.02. The van der Waals surface area contributed by atoms with E-state index in [-0.39, 0.29) is 30.7 Å². The maximum atomic E-state index is 12.9. The summed E-state index contributed by atoms with van der Waals surface area (Å²) in [5.41, 5.74) is 5.87. The Morgan fingerprint density at radius 1 is 1.08 bits per heavy atom. The van der Waals surface area contributed by atoms with Crippen LogP contribution in [0.4, 0.5) is 0 Å². The van der Waals surface area contributed by atoms with E-state index in [0.29, 0.717) is 24.3 Å². The lowest BCUT2D eigenvalue weighted by Crippen LogP contribution is -2.44. The highest BCUT2D eigenvalue weighted by atomic mass is 35.5. The second-order valence-corrected chi connectivity index (χ2v) is 7.39. The minimum Gasteiger partial charge on any atom is -0.342 e. The number of nitrogens with two attached hydrogens (primary N) is 1. The number of amides is 1. The summed E-state index contributed by atoms with van der Waals surface area (Å²) in [5.74, 6) is 3.47. The number of nitrogens with zero attached hydrogens (tertiary/aromatic N) is 4. The third-order valence-corrected chi connectivity index (χ3v) is 6.02. The van der Waals surface area contributed by atoms with Crippen LogP contribution in [0.2, 0.25) is 0 Å². The Hall–Kier alpha value is -0.850. The molecule has 0 bridgehead atoms. The van der Waals surface area contributed by atoms with Crippen molar-refractivity contribution in [3.8, 4) is 0 Å². The molecule has 4 rings (SSSR count). The molecule has 1 amide bonds. The molecule has 1 saturated heterocycles. The Kier molecular flexibility index (Phi) is 7.11. The minimum absolute atomic E-state index is 0. The van der Waals surface area contributed by atoms with Gasteiger partial charge >= 0.3 is 0 Å². The molecule has 2 N–H and O–H groups in total. The molecule has 1 saturated carbocycles. The first-order chi connectivity index (χ1) is 11.3. The largest absolute Gasteiger partial charge is 0.342 e. The maximum Gasteiger partial charge on any atom is 0.226 e. The smallest absolute Gasteiger partial charge is 0.226 e. The molecule has 1 unspecified atom stereocenters. The summed E-state index contributed by atoms with van der Waals surface area (Å²) in [6.45, 7) is 3.39. The Bertz CT molecular complexity index is 594. The van der Waals surface area contributed by atoms with Crippen LogP contribution in [0.25, 0.3) is 0 Å². The van der Waals surface area contributed by atoms with Gasteiger partial charge in [0.15, 0.2) is 0 Å².